The maximum absolute atomic E-state index is 12.1. The number of nitrogens with zero attached hydrogens (tertiary/aromatic N) is 1. The van der Waals surface area contributed by atoms with E-state index >= 15 is 0 Å². The summed E-state index contributed by atoms with van der Waals surface area (Å²) in [7, 11) is -3.03. The Morgan fingerprint density at radius 1 is 1.03 bits per heavy atom. The summed E-state index contributed by atoms with van der Waals surface area (Å²) in [6.45, 7) is 8.09. The Hall–Kier alpha value is -2.09. The van der Waals surface area contributed by atoms with E-state index in [1.165, 1.54) is 5.56 Å². The van der Waals surface area contributed by atoms with E-state index in [9.17, 15) is 13.5 Å². The number of ether oxygens (including phenoxy) is 2. The minimum absolute atomic E-state index is 0.106. The van der Waals surface area contributed by atoms with E-state index in [-0.39, 0.29) is 24.2 Å². The van der Waals surface area contributed by atoms with Crippen LogP contribution >= 0.6 is 0 Å². The number of rotatable bonds is 12. The van der Waals surface area contributed by atoms with E-state index in [1.807, 2.05) is 48.5 Å². The Labute approximate surface area is 198 Å². The number of hydrogen-bond donors (Lipinski definition) is 1. The molecule has 1 aliphatic rings. The van der Waals surface area contributed by atoms with Crippen LogP contribution in [0.1, 0.15) is 50.7 Å². The monoisotopic (exact) mass is 475 g/mol. The van der Waals surface area contributed by atoms with Crippen LogP contribution in [0.2, 0.25) is 0 Å². The quantitative estimate of drug-likeness (QED) is 0.500. The van der Waals surface area contributed by atoms with Crippen molar-refractivity contribution in [1.29, 1.82) is 0 Å². The third kappa shape index (κ3) is 8.02. The first kappa shape index (κ1) is 25.5. The molecule has 33 heavy (non-hydrogen) atoms. The lowest BCUT2D eigenvalue weighted by Gasteiger charge is -2.30. The molecule has 0 bridgehead atoms. The van der Waals surface area contributed by atoms with Gasteiger partial charge in [0.2, 0.25) is 0 Å². The molecule has 0 aromatic heterocycles. The standard InChI is InChI=1S/C26H37NO5S/c1-4-14-31-25-9-5-21(6-10-25)16-27(23-13-15-33(29,30)19-23)17-24(28)18-32-26-11-7-22(8-12-26)20(2)3/h5-12,20,23-24,28H,4,13-19H2,1-3H3. The first-order valence-corrected chi connectivity index (χ1v) is 13.6. The van der Waals surface area contributed by atoms with Crippen molar-refractivity contribution in [2.45, 2.75) is 58.2 Å². The van der Waals surface area contributed by atoms with E-state index in [1.54, 1.807) is 0 Å². The highest BCUT2D eigenvalue weighted by molar-refractivity contribution is 7.91. The lowest BCUT2D eigenvalue weighted by molar-refractivity contribution is 0.0524. The molecule has 1 saturated heterocycles. The molecule has 2 aromatic rings. The lowest BCUT2D eigenvalue weighted by atomic mass is 10.0. The summed E-state index contributed by atoms with van der Waals surface area (Å²) in [6.07, 6.45) is 0.808. The van der Waals surface area contributed by atoms with Crippen molar-refractivity contribution in [3.8, 4) is 11.5 Å². The van der Waals surface area contributed by atoms with E-state index in [2.05, 4.69) is 25.7 Å². The van der Waals surface area contributed by atoms with Gasteiger partial charge in [0.05, 0.1) is 18.1 Å². The fourth-order valence-electron chi connectivity index (χ4n) is 4.02. The van der Waals surface area contributed by atoms with E-state index in [0.717, 1.165) is 23.5 Å². The molecule has 2 unspecified atom stereocenters. The third-order valence-electron chi connectivity index (χ3n) is 5.94. The number of benzene rings is 2. The molecule has 6 nitrogen and oxygen atoms in total. The number of aliphatic hydroxyl groups is 1. The molecule has 2 atom stereocenters. The Morgan fingerprint density at radius 2 is 1.67 bits per heavy atom. The van der Waals surface area contributed by atoms with Crippen molar-refractivity contribution < 1.29 is 23.0 Å². The highest BCUT2D eigenvalue weighted by Crippen LogP contribution is 2.22. The predicted octanol–water partition coefficient (Wildman–Crippen LogP) is 4.03. The maximum atomic E-state index is 12.1. The van der Waals surface area contributed by atoms with Crippen LogP contribution < -0.4 is 9.47 Å². The van der Waals surface area contributed by atoms with Gasteiger partial charge < -0.3 is 14.6 Å². The van der Waals surface area contributed by atoms with Crippen LogP contribution in [-0.4, -0.2) is 61.8 Å². The zero-order valence-electron chi connectivity index (χ0n) is 19.9. The van der Waals surface area contributed by atoms with Crippen LogP contribution in [0.5, 0.6) is 11.5 Å². The van der Waals surface area contributed by atoms with Gasteiger partial charge in [0.1, 0.15) is 24.2 Å². The molecule has 182 valence electrons. The van der Waals surface area contributed by atoms with Gasteiger partial charge in [-0.25, -0.2) is 8.42 Å². The van der Waals surface area contributed by atoms with Crippen LogP contribution in [0.3, 0.4) is 0 Å². The average molecular weight is 476 g/mol. The minimum atomic E-state index is -3.03. The van der Waals surface area contributed by atoms with Gasteiger partial charge in [-0.2, -0.15) is 0 Å². The van der Waals surface area contributed by atoms with Gasteiger partial charge in [-0.3, -0.25) is 4.90 Å². The summed E-state index contributed by atoms with van der Waals surface area (Å²) in [5.41, 5.74) is 2.29. The fraction of sp³-hybridized carbons (Fsp3) is 0.538. The van der Waals surface area contributed by atoms with E-state index in [0.29, 0.717) is 32.0 Å². The van der Waals surface area contributed by atoms with E-state index < -0.39 is 15.9 Å². The molecule has 1 aliphatic heterocycles. The van der Waals surface area contributed by atoms with Gasteiger partial charge in [-0.15, -0.1) is 0 Å². The second-order valence-electron chi connectivity index (χ2n) is 9.17. The van der Waals surface area contributed by atoms with Gasteiger partial charge >= 0.3 is 0 Å². The van der Waals surface area contributed by atoms with Gasteiger partial charge in [-0.05, 0) is 54.2 Å². The van der Waals surface area contributed by atoms with Gasteiger partial charge in [-0.1, -0.05) is 45.0 Å². The highest BCUT2D eigenvalue weighted by Gasteiger charge is 2.33. The van der Waals surface area contributed by atoms with Crippen LogP contribution in [0, 0.1) is 0 Å². The average Bonchev–Trinajstić information content (AvgIpc) is 3.16. The summed E-state index contributed by atoms with van der Waals surface area (Å²) in [4.78, 5) is 2.07. The van der Waals surface area contributed by atoms with Crippen LogP contribution in [0.25, 0.3) is 0 Å². The molecule has 3 rings (SSSR count). The molecule has 2 aromatic carbocycles. The van der Waals surface area contributed by atoms with Gasteiger partial charge in [0.25, 0.3) is 0 Å². The second-order valence-corrected chi connectivity index (χ2v) is 11.4. The molecule has 0 radical (unpaired) electrons. The Bertz CT molecular complexity index is 957. The van der Waals surface area contributed by atoms with Gasteiger partial charge in [0.15, 0.2) is 9.84 Å². The topological polar surface area (TPSA) is 76.1 Å². The molecule has 0 amide bonds. The molecular formula is C26H37NO5S. The SMILES string of the molecule is CCCOc1ccc(CN(CC(O)COc2ccc(C(C)C)cc2)C2CCS(=O)(=O)C2)cc1. The second kappa shape index (κ2) is 11.9. The molecule has 1 fully saturated rings. The molecule has 1 N–H and O–H groups in total. The zero-order chi connectivity index (χ0) is 23.8. The van der Waals surface area contributed by atoms with Crippen molar-refractivity contribution in [2.75, 3.05) is 31.3 Å². The summed E-state index contributed by atoms with van der Waals surface area (Å²) < 4.78 is 35.6. The first-order chi connectivity index (χ1) is 15.8. The number of sulfone groups is 1. The molecule has 0 spiro atoms. The van der Waals surface area contributed by atoms with Crippen LogP contribution in [0.4, 0.5) is 0 Å². The van der Waals surface area contributed by atoms with Crippen LogP contribution in [-0.2, 0) is 16.4 Å². The Kier molecular flexibility index (Phi) is 9.18. The molecule has 7 heteroatoms. The van der Waals surface area contributed by atoms with E-state index in [4.69, 9.17) is 9.47 Å². The van der Waals surface area contributed by atoms with Crippen molar-refractivity contribution >= 4 is 9.84 Å². The number of aliphatic hydroxyl groups excluding tert-OH is 1. The summed E-state index contributed by atoms with van der Waals surface area (Å²) in [5.74, 6) is 2.33. The fourth-order valence-corrected chi connectivity index (χ4v) is 5.78. The largest absolute Gasteiger partial charge is 0.494 e. The Morgan fingerprint density at radius 3 is 2.24 bits per heavy atom. The molecule has 1 heterocycles. The molecule has 0 aliphatic carbocycles. The van der Waals surface area contributed by atoms with Crippen molar-refractivity contribution in [3.63, 3.8) is 0 Å². The summed E-state index contributed by atoms with van der Waals surface area (Å²) >= 11 is 0. The molecular weight excluding hydrogens is 438 g/mol. The van der Waals surface area contributed by atoms with Crippen molar-refractivity contribution in [3.05, 3.63) is 59.7 Å². The first-order valence-electron chi connectivity index (χ1n) is 11.8. The number of hydrogen-bond acceptors (Lipinski definition) is 6. The normalized spacial score (nSPS) is 18.5. The summed E-state index contributed by atoms with van der Waals surface area (Å²) in [5, 5.41) is 10.7. The molecule has 0 saturated carbocycles. The smallest absolute Gasteiger partial charge is 0.151 e. The van der Waals surface area contributed by atoms with Crippen molar-refractivity contribution in [2.24, 2.45) is 0 Å². The van der Waals surface area contributed by atoms with Crippen molar-refractivity contribution in [1.82, 2.24) is 4.90 Å². The minimum Gasteiger partial charge on any atom is -0.494 e. The Balaban J connectivity index is 1.61. The maximum Gasteiger partial charge on any atom is 0.151 e. The zero-order valence-corrected chi connectivity index (χ0v) is 20.8. The van der Waals surface area contributed by atoms with Gasteiger partial charge in [0, 0.05) is 19.1 Å². The summed E-state index contributed by atoms with van der Waals surface area (Å²) in [6, 6.07) is 15.7. The lowest BCUT2D eigenvalue weighted by Crippen LogP contribution is -2.42. The predicted molar refractivity (Wildman–Crippen MR) is 132 cm³/mol. The third-order valence-corrected chi connectivity index (χ3v) is 7.69. The van der Waals surface area contributed by atoms with Crippen LogP contribution in [0.15, 0.2) is 48.5 Å². The highest BCUT2D eigenvalue weighted by atomic mass is 32.2.